The van der Waals surface area contributed by atoms with Crippen LogP contribution in [0.4, 0.5) is 0 Å². The minimum atomic E-state index is 0.251. The number of hydrogen-bond acceptors (Lipinski definition) is 5. The number of nitrogens with zero attached hydrogens (tertiary/aromatic N) is 3. The largest absolute Gasteiger partial charge is 0.273 e. The molecule has 3 N–H and O–H groups in total. The first-order chi connectivity index (χ1) is 8.69. The van der Waals surface area contributed by atoms with Crippen molar-refractivity contribution >= 4 is 11.3 Å². The zero-order valence-corrected chi connectivity index (χ0v) is 11.6. The van der Waals surface area contributed by atoms with Crippen molar-refractivity contribution in [2.45, 2.75) is 32.2 Å². The molecule has 0 aliphatic carbocycles. The monoisotopic (exact) mass is 265 g/mol. The first-order valence-corrected chi connectivity index (χ1v) is 6.91. The summed E-state index contributed by atoms with van der Waals surface area (Å²) in [7, 11) is 1.96. The van der Waals surface area contributed by atoms with Gasteiger partial charge >= 0.3 is 0 Å². The van der Waals surface area contributed by atoms with Gasteiger partial charge in [-0.2, -0.15) is 5.10 Å². The van der Waals surface area contributed by atoms with E-state index < -0.39 is 0 Å². The van der Waals surface area contributed by atoms with Crippen LogP contribution in [0.25, 0.3) is 0 Å². The summed E-state index contributed by atoms with van der Waals surface area (Å²) in [5, 5.41) is 7.37. The van der Waals surface area contributed by atoms with Gasteiger partial charge in [0, 0.05) is 36.8 Å². The van der Waals surface area contributed by atoms with Gasteiger partial charge in [0.2, 0.25) is 0 Å². The lowest BCUT2D eigenvalue weighted by Crippen LogP contribution is -2.37. The second kappa shape index (κ2) is 6.08. The van der Waals surface area contributed by atoms with E-state index in [2.05, 4.69) is 20.9 Å². The van der Waals surface area contributed by atoms with Gasteiger partial charge in [-0.3, -0.25) is 16.0 Å². The van der Waals surface area contributed by atoms with E-state index in [9.17, 15) is 0 Å². The third-order valence-corrected chi connectivity index (χ3v) is 3.85. The van der Waals surface area contributed by atoms with Gasteiger partial charge in [0.1, 0.15) is 0 Å². The molecule has 6 heteroatoms. The van der Waals surface area contributed by atoms with Gasteiger partial charge in [0.05, 0.1) is 10.7 Å². The third-order valence-electron chi connectivity index (χ3n) is 3.03. The van der Waals surface area contributed by atoms with Gasteiger partial charge < -0.3 is 0 Å². The Morgan fingerprint density at radius 3 is 2.94 bits per heavy atom. The van der Waals surface area contributed by atoms with Crippen LogP contribution < -0.4 is 11.3 Å². The predicted molar refractivity (Wildman–Crippen MR) is 73.2 cm³/mol. The quantitative estimate of drug-likeness (QED) is 0.608. The highest BCUT2D eigenvalue weighted by Gasteiger charge is 2.11. The van der Waals surface area contributed by atoms with Gasteiger partial charge in [-0.1, -0.05) is 0 Å². The lowest BCUT2D eigenvalue weighted by Gasteiger charge is -2.14. The van der Waals surface area contributed by atoms with Crippen molar-refractivity contribution in [1.82, 2.24) is 20.2 Å². The Bertz CT molecular complexity index is 490. The zero-order chi connectivity index (χ0) is 13.0. The number of thiazole rings is 1. The smallest absolute Gasteiger partial charge is 0.0897 e. The molecule has 0 saturated carbocycles. The molecule has 0 amide bonds. The maximum Gasteiger partial charge on any atom is 0.0897 e. The van der Waals surface area contributed by atoms with Gasteiger partial charge in [-0.05, 0) is 25.8 Å². The molecule has 1 unspecified atom stereocenters. The van der Waals surface area contributed by atoms with Crippen molar-refractivity contribution in [3.63, 3.8) is 0 Å². The summed E-state index contributed by atoms with van der Waals surface area (Å²) in [5.41, 5.74) is 5.22. The number of nitrogens with two attached hydrogens (primary N) is 1. The van der Waals surface area contributed by atoms with E-state index in [1.54, 1.807) is 11.3 Å². The van der Waals surface area contributed by atoms with E-state index >= 15 is 0 Å². The number of nitrogens with one attached hydrogen (secondary N) is 1. The second-order valence-electron chi connectivity index (χ2n) is 4.41. The van der Waals surface area contributed by atoms with Crippen LogP contribution in [0.3, 0.4) is 0 Å². The van der Waals surface area contributed by atoms with Crippen LogP contribution in [0.5, 0.6) is 0 Å². The molecule has 98 valence electrons. The van der Waals surface area contributed by atoms with Crippen molar-refractivity contribution in [2.75, 3.05) is 0 Å². The van der Waals surface area contributed by atoms with Gasteiger partial charge in [0.15, 0.2) is 0 Å². The lowest BCUT2D eigenvalue weighted by atomic mass is 10.1. The van der Waals surface area contributed by atoms with Crippen LogP contribution in [0.1, 0.15) is 22.8 Å². The van der Waals surface area contributed by atoms with Crippen LogP contribution in [0, 0.1) is 6.92 Å². The predicted octanol–water partition coefficient (Wildman–Crippen LogP) is 1.19. The Kier molecular flexibility index (Phi) is 4.46. The van der Waals surface area contributed by atoms with E-state index in [1.165, 1.54) is 5.69 Å². The van der Waals surface area contributed by atoms with Crippen molar-refractivity contribution < 1.29 is 0 Å². The first-order valence-electron chi connectivity index (χ1n) is 6.03. The molecule has 0 aliphatic heterocycles. The highest BCUT2D eigenvalue weighted by Crippen LogP contribution is 2.12. The molecule has 0 radical (unpaired) electrons. The highest BCUT2D eigenvalue weighted by atomic mass is 32.1. The SMILES string of the molecule is Cc1nc(CC(CCc2ccnn2C)NN)cs1. The number of rotatable bonds is 6. The Labute approximate surface area is 111 Å². The lowest BCUT2D eigenvalue weighted by molar-refractivity contribution is 0.480. The van der Waals surface area contributed by atoms with Crippen molar-refractivity contribution in [2.24, 2.45) is 12.9 Å². The molecule has 0 bridgehead atoms. The molecule has 1 atom stereocenters. The molecule has 2 heterocycles. The molecule has 2 aromatic rings. The van der Waals surface area contributed by atoms with Crippen molar-refractivity contribution in [3.05, 3.63) is 34.0 Å². The summed E-state index contributed by atoms with van der Waals surface area (Å²) in [6, 6.07) is 2.29. The number of aromatic nitrogens is 3. The third kappa shape index (κ3) is 3.38. The molecule has 2 aromatic heterocycles. The van der Waals surface area contributed by atoms with Crippen LogP contribution >= 0.6 is 11.3 Å². The van der Waals surface area contributed by atoms with Crippen molar-refractivity contribution in [1.29, 1.82) is 0 Å². The fourth-order valence-electron chi connectivity index (χ4n) is 1.97. The fourth-order valence-corrected chi connectivity index (χ4v) is 2.59. The standard InChI is InChI=1S/C12H19N5S/c1-9-15-11(8-18-9)7-10(16-13)3-4-12-5-6-14-17(12)2/h5-6,8,10,16H,3-4,7,13H2,1-2H3. The Hall–Kier alpha value is -1.24. The molecule has 0 fully saturated rings. The summed E-state index contributed by atoms with van der Waals surface area (Å²) >= 11 is 1.68. The van der Waals surface area contributed by atoms with Gasteiger partial charge in [-0.25, -0.2) is 4.98 Å². The molecule has 18 heavy (non-hydrogen) atoms. The molecule has 0 spiro atoms. The summed E-state index contributed by atoms with van der Waals surface area (Å²) in [5.74, 6) is 5.61. The first kappa shape index (κ1) is 13.2. The average Bonchev–Trinajstić information content (AvgIpc) is 2.94. The summed E-state index contributed by atoms with van der Waals surface area (Å²) in [6.07, 6.45) is 4.64. The Balaban J connectivity index is 1.88. The minimum Gasteiger partial charge on any atom is -0.273 e. The Morgan fingerprint density at radius 1 is 1.56 bits per heavy atom. The highest BCUT2D eigenvalue weighted by molar-refractivity contribution is 7.09. The van der Waals surface area contributed by atoms with Crippen LogP contribution in [-0.4, -0.2) is 20.8 Å². The average molecular weight is 265 g/mol. The van der Waals surface area contributed by atoms with E-state index in [0.717, 1.165) is 30.0 Å². The molecular formula is C12H19N5S. The molecule has 0 aromatic carbocycles. The number of hydrazine groups is 1. The molecule has 0 aliphatic rings. The van der Waals surface area contributed by atoms with Gasteiger partial charge in [-0.15, -0.1) is 11.3 Å². The summed E-state index contributed by atoms with van der Waals surface area (Å²) < 4.78 is 1.90. The zero-order valence-electron chi connectivity index (χ0n) is 10.8. The Morgan fingerprint density at radius 2 is 2.39 bits per heavy atom. The topological polar surface area (TPSA) is 68.8 Å². The second-order valence-corrected chi connectivity index (χ2v) is 5.47. The normalized spacial score (nSPS) is 12.8. The molecular weight excluding hydrogens is 246 g/mol. The van der Waals surface area contributed by atoms with Gasteiger partial charge in [0.25, 0.3) is 0 Å². The maximum absolute atomic E-state index is 5.61. The van der Waals surface area contributed by atoms with Crippen LogP contribution in [0.15, 0.2) is 17.6 Å². The number of aryl methyl sites for hydroxylation is 3. The summed E-state index contributed by atoms with van der Waals surface area (Å²) in [4.78, 5) is 4.47. The van der Waals surface area contributed by atoms with Crippen LogP contribution in [0.2, 0.25) is 0 Å². The molecule has 5 nitrogen and oxygen atoms in total. The van der Waals surface area contributed by atoms with Crippen LogP contribution in [-0.2, 0) is 19.9 Å². The summed E-state index contributed by atoms with van der Waals surface area (Å²) in [6.45, 7) is 2.02. The minimum absolute atomic E-state index is 0.251. The molecule has 0 saturated heterocycles. The fraction of sp³-hybridized carbons (Fsp3) is 0.500. The van der Waals surface area contributed by atoms with E-state index in [-0.39, 0.29) is 6.04 Å². The maximum atomic E-state index is 5.61. The number of hydrogen-bond donors (Lipinski definition) is 2. The van der Waals surface area contributed by atoms with Crippen molar-refractivity contribution in [3.8, 4) is 0 Å². The van der Waals surface area contributed by atoms with E-state index in [0.29, 0.717) is 0 Å². The van der Waals surface area contributed by atoms with E-state index in [4.69, 9.17) is 5.84 Å². The molecule has 2 rings (SSSR count). The van der Waals surface area contributed by atoms with E-state index in [1.807, 2.05) is 30.9 Å².